The van der Waals surface area contributed by atoms with Gasteiger partial charge in [-0.2, -0.15) is 0 Å². The van der Waals surface area contributed by atoms with Crippen LogP contribution >= 0.6 is 0 Å². The van der Waals surface area contributed by atoms with E-state index in [0.29, 0.717) is 52.9 Å². The van der Waals surface area contributed by atoms with E-state index in [1.165, 1.54) is 0 Å². The van der Waals surface area contributed by atoms with Crippen LogP contribution in [0.1, 0.15) is 20.3 Å². The van der Waals surface area contributed by atoms with Gasteiger partial charge in [-0.25, -0.2) is 0 Å². The first-order valence-electron chi connectivity index (χ1n) is 9.46. The predicted molar refractivity (Wildman–Crippen MR) is 98.4 cm³/mol. The second kappa shape index (κ2) is 21.8. The molecule has 0 aromatic heterocycles. The van der Waals surface area contributed by atoms with E-state index in [0.717, 1.165) is 45.9 Å². The van der Waals surface area contributed by atoms with E-state index in [1.54, 1.807) is 0 Å². The summed E-state index contributed by atoms with van der Waals surface area (Å²) in [4.78, 5) is 2.25. The van der Waals surface area contributed by atoms with Crippen LogP contribution in [0.15, 0.2) is 0 Å². The van der Waals surface area contributed by atoms with E-state index in [4.69, 9.17) is 28.4 Å². The maximum atomic E-state index is 5.55. The van der Waals surface area contributed by atoms with Gasteiger partial charge in [-0.15, -0.1) is 0 Å². The van der Waals surface area contributed by atoms with Crippen molar-refractivity contribution in [2.45, 2.75) is 20.3 Å². The molecule has 25 heavy (non-hydrogen) atoms. The molecule has 0 aromatic rings. The maximum Gasteiger partial charge on any atom is 0.0701 e. The van der Waals surface area contributed by atoms with Crippen LogP contribution in [0, 0.1) is 0 Å². The molecule has 0 aliphatic rings. The molecule has 152 valence electrons. The summed E-state index contributed by atoms with van der Waals surface area (Å²) < 4.78 is 32.2. The normalized spacial score (nSPS) is 11.5. The molecule has 0 atom stereocenters. The Bertz CT molecular complexity index is 246. The molecule has 0 aromatic carbocycles. The molecule has 0 bridgehead atoms. The summed E-state index contributed by atoms with van der Waals surface area (Å²) in [5.41, 5.74) is 0. The van der Waals surface area contributed by atoms with Crippen molar-refractivity contribution in [1.29, 1.82) is 0 Å². The number of hydrogen-bond acceptors (Lipinski definition) is 7. The van der Waals surface area contributed by atoms with E-state index in [2.05, 4.69) is 11.9 Å². The number of rotatable bonds is 21. The number of hydrogen-bond donors (Lipinski definition) is 0. The largest absolute Gasteiger partial charge is 0.379 e. The van der Waals surface area contributed by atoms with Crippen LogP contribution in [0.3, 0.4) is 0 Å². The molecular weight excluding hydrogens is 326 g/mol. The van der Waals surface area contributed by atoms with E-state index < -0.39 is 0 Å². The molecule has 0 amide bonds. The fraction of sp³-hybridized carbons (Fsp3) is 1.00. The lowest BCUT2D eigenvalue weighted by atomic mass is 10.4. The van der Waals surface area contributed by atoms with Crippen LogP contribution in [-0.2, 0) is 28.4 Å². The summed E-state index contributed by atoms with van der Waals surface area (Å²) in [5, 5.41) is 0. The molecule has 0 rings (SSSR count). The monoisotopic (exact) mass is 365 g/mol. The highest BCUT2D eigenvalue weighted by Crippen LogP contribution is 1.90. The van der Waals surface area contributed by atoms with Crippen molar-refractivity contribution < 1.29 is 28.4 Å². The number of likely N-dealkylation sites (N-methyl/N-ethyl adjacent to an activating group) is 1. The molecule has 0 spiro atoms. The third kappa shape index (κ3) is 21.7. The first kappa shape index (κ1) is 24.7. The van der Waals surface area contributed by atoms with Crippen LogP contribution < -0.4 is 0 Å². The fourth-order valence-electron chi connectivity index (χ4n) is 1.94. The Labute approximate surface area is 153 Å². The molecular formula is C18H39NO6. The zero-order chi connectivity index (χ0) is 18.4. The molecule has 0 N–H and O–H groups in total. The summed E-state index contributed by atoms with van der Waals surface area (Å²) in [5.74, 6) is 0. The van der Waals surface area contributed by atoms with Crippen molar-refractivity contribution in [3.8, 4) is 0 Å². The van der Waals surface area contributed by atoms with Crippen molar-refractivity contribution in [2.75, 3.05) is 99.4 Å². The van der Waals surface area contributed by atoms with E-state index >= 15 is 0 Å². The minimum absolute atomic E-state index is 0.622. The molecule has 0 unspecified atom stereocenters. The molecule has 0 saturated carbocycles. The van der Waals surface area contributed by atoms with Gasteiger partial charge in [-0.05, 0) is 27.3 Å². The highest BCUT2D eigenvalue weighted by Gasteiger charge is 1.99. The first-order valence-corrected chi connectivity index (χ1v) is 9.46. The van der Waals surface area contributed by atoms with Crippen molar-refractivity contribution in [1.82, 2.24) is 4.90 Å². The van der Waals surface area contributed by atoms with Gasteiger partial charge in [-0.3, -0.25) is 0 Å². The minimum Gasteiger partial charge on any atom is -0.379 e. The molecule has 0 fully saturated rings. The predicted octanol–water partition coefficient (Wildman–Crippen LogP) is 1.45. The molecule has 7 nitrogen and oxygen atoms in total. The third-order valence-electron chi connectivity index (χ3n) is 3.34. The van der Waals surface area contributed by atoms with Gasteiger partial charge in [-0.1, -0.05) is 0 Å². The lowest BCUT2D eigenvalue weighted by molar-refractivity contribution is 0.0109. The Morgan fingerprint density at radius 2 is 0.880 bits per heavy atom. The zero-order valence-corrected chi connectivity index (χ0v) is 16.5. The van der Waals surface area contributed by atoms with Crippen LogP contribution in [0.4, 0.5) is 0 Å². The molecule has 7 heteroatoms. The Hall–Kier alpha value is -0.280. The van der Waals surface area contributed by atoms with E-state index in [1.807, 2.05) is 13.8 Å². The average Bonchev–Trinajstić information content (AvgIpc) is 2.62. The lowest BCUT2D eigenvalue weighted by Crippen LogP contribution is -2.26. The Balaban J connectivity index is 3.12. The first-order chi connectivity index (χ1) is 12.3. The summed E-state index contributed by atoms with van der Waals surface area (Å²) in [7, 11) is 2.10. The number of ether oxygens (including phenoxy) is 6. The van der Waals surface area contributed by atoms with Gasteiger partial charge in [0.2, 0.25) is 0 Å². The van der Waals surface area contributed by atoms with Crippen LogP contribution in [0.5, 0.6) is 0 Å². The third-order valence-corrected chi connectivity index (χ3v) is 3.34. The van der Waals surface area contributed by atoms with Gasteiger partial charge in [0.25, 0.3) is 0 Å². The second-order valence-electron chi connectivity index (χ2n) is 5.50. The smallest absolute Gasteiger partial charge is 0.0701 e. The SMILES string of the molecule is CCOCCOCCOCCCN(C)CCOCCOCCOCC. The minimum atomic E-state index is 0.622. The van der Waals surface area contributed by atoms with Crippen molar-refractivity contribution in [3.05, 3.63) is 0 Å². The van der Waals surface area contributed by atoms with Gasteiger partial charge in [0.05, 0.1) is 59.5 Å². The van der Waals surface area contributed by atoms with Crippen molar-refractivity contribution >= 4 is 0 Å². The van der Waals surface area contributed by atoms with Gasteiger partial charge in [0, 0.05) is 32.9 Å². The maximum absolute atomic E-state index is 5.55. The molecule has 0 radical (unpaired) electrons. The molecule has 0 heterocycles. The van der Waals surface area contributed by atoms with Crippen molar-refractivity contribution in [3.63, 3.8) is 0 Å². The van der Waals surface area contributed by atoms with Gasteiger partial charge in [0.15, 0.2) is 0 Å². The summed E-state index contributed by atoms with van der Waals surface area (Å²) >= 11 is 0. The zero-order valence-electron chi connectivity index (χ0n) is 16.5. The highest BCUT2D eigenvalue weighted by molar-refractivity contribution is 4.50. The van der Waals surface area contributed by atoms with E-state index in [-0.39, 0.29) is 0 Å². The van der Waals surface area contributed by atoms with Gasteiger partial charge < -0.3 is 33.3 Å². The lowest BCUT2D eigenvalue weighted by Gasteiger charge is -2.16. The fourth-order valence-corrected chi connectivity index (χ4v) is 1.94. The van der Waals surface area contributed by atoms with Crippen LogP contribution in [0.2, 0.25) is 0 Å². The van der Waals surface area contributed by atoms with Crippen LogP contribution in [0.25, 0.3) is 0 Å². The Morgan fingerprint density at radius 1 is 0.480 bits per heavy atom. The summed E-state index contributed by atoms with van der Waals surface area (Å²) in [6.07, 6.45) is 1.01. The highest BCUT2D eigenvalue weighted by atomic mass is 16.5. The summed E-state index contributed by atoms with van der Waals surface area (Å²) in [6.45, 7) is 13.9. The topological polar surface area (TPSA) is 58.6 Å². The number of nitrogens with zero attached hydrogens (tertiary/aromatic N) is 1. The average molecular weight is 366 g/mol. The van der Waals surface area contributed by atoms with Gasteiger partial charge in [0.1, 0.15) is 0 Å². The van der Waals surface area contributed by atoms with E-state index in [9.17, 15) is 0 Å². The standard InChI is InChI=1S/C18H39NO6/c1-4-20-11-13-24-17-15-22-9-6-7-19(3)8-10-23-16-18-25-14-12-21-5-2/h4-18H2,1-3H3. The van der Waals surface area contributed by atoms with Gasteiger partial charge >= 0.3 is 0 Å². The Morgan fingerprint density at radius 3 is 1.36 bits per heavy atom. The molecule has 0 saturated heterocycles. The van der Waals surface area contributed by atoms with Crippen LogP contribution in [-0.4, -0.2) is 104 Å². The Kier molecular flexibility index (Phi) is 21.5. The molecule has 0 aliphatic carbocycles. The van der Waals surface area contributed by atoms with Crippen molar-refractivity contribution in [2.24, 2.45) is 0 Å². The molecule has 0 aliphatic heterocycles. The second-order valence-corrected chi connectivity index (χ2v) is 5.50. The quantitative estimate of drug-likeness (QED) is 0.285. The summed E-state index contributed by atoms with van der Waals surface area (Å²) in [6, 6.07) is 0.